The van der Waals surface area contributed by atoms with Crippen molar-refractivity contribution < 1.29 is 4.79 Å². The number of aromatic nitrogens is 2. The van der Waals surface area contributed by atoms with Gasteiger partial charge in [-0.25, -0.2) is 0 Å². The van der Waals surface area contributed by atoms with E-state index < -0.39 is 0 Å². The minimum atomic E-state index is 0.104. The molecule has 1 heterocycles. The average molecular weight is 220 g/mol. The maximum Gasteiger partial charge on any atom is 0.229 e. The Morgan fingerprint density at radius 2 is 2.12 bits per heavy atom. The smallest absolute Gasteiger partial charge is 0.229 e. The molecule has 2 aliphatic carbocycles. The van der Waals surface area contributed by atoms with Crippen LogP contribution in [0.15, 0.2) is 6.20 Å². The number of carbonyl (C=O) groups excluding carboxylic acids is 1. The van der Waals surface area contributed by atoms with E-state index in [0.717, 1.165) is 0 Å². The molecular weight excluding hydrogens is 204 g/mol. The molecule has 2 unspecified atom stereocenters. The fraction of sp³-hybridized carbons (Fsp3) is 0.636. The second-order valence-corrected chi connectivity index (χ2v) is 4.83. The number of fused-ring (bicyclic) bond motifs is 1. The summed E-state index contributed by atoms with van der Waals surface area (Å²) in [5.74, 6) is 2.10. The minimum Gasteiger partial charge on any atom is -0.394 e. The van der Waals surface area contributed by atoms with Crippen molar-refractivity contribution in [1.29, 1.82) is 0 Å². The second kappa shape index (κ2) is 3.50. The molecule has 0 spiro atoms. The lowest BCUT2D eigenvalue weighted by Gasteiger charge is -2.04. The average Bonchev–Trinajstić information content (AvgIpc) is 2.90. The zero-order chi connectivity index (χ0) is 11.1. The molecule has 0 aliphatic heterocycles. The number of H-pyrrole nitrogens is 1. The summed E-state index contributed by atoms with van der Waals surface area (Å²) in [6.07, 6.45) is 6.48. The number of nitrogens with zero attached hydrogens (tertiary/aromatic N) is 1. The van der Waals surface area contributed by atoms with E-state index in [9.17, 15) is 4.79 Å². The highest BCUT2D eigenvalue weighted by Gasteiger charge is 2.54. The Morgan fingerprint density at radius 3 is 2.69 bits per heavy atom. The number of aromatic amines is 1. The molecule has 5 heteroatoms. The second-order valence-electron chi connectivity index (χ2n) is 4.83. The van der Waals surface area contributed by atoms with Crippen molar-refractivity contribution >= 4 is 17.4 Å². The van der Waals surface area contributed by atoms with E-state index in [4.69, 9.17) is 5.73 Å². The summed E-state index contributed by atoms with van der Waals surface area (Å²) in [6, 6.07) is 0. The van der Waals surface area contributed by atoms with Crippen LogP contribution in [0.5, 0.6) is 0 Å². The van der Waals surface area contributed by atoms with E-state index >= 15 is 0 Å². The van der Waals surface area contributed by atoms with Gasteiger partial charge < -0.3 is 11.1 Å². The normalized spacial score (nSPS) is 31.9. The molecule has 0 bridgehead atoms. The van der Waals surface area contributed by atoms with Gasteiger partial charge in [-0.05, 0) is 24.7 Å². The summed E-state index contributed by atoms with van der Waals surface area (Å²) in [7, 11) is 0. The Balaban J connectivity index is 1.65. The first-order valence-electron chi connectivity index (χ1n) is 5.87. The molecule has 0 radical (unpaired) electrons. The van der Waals surface area contributed by atoms with Gasteiger partial charge in [0.1, 0.15) is 0 Å². The first kappa shape index (κ1) is 9.69. The van der Waals surface area contributed by atoms with Gasteiger partial charge in [0.05, 0.1) is 11.9 Å². The van der Waals surface area contributed by atoms with Gasteiger partial charge in [-0.15, -0.1) is 0 Å². The zero-order valence-electron chi connectivity index (χ0n) is 9.07. The summed E-state index contributed by atoms with van der Waals surface area (Å²) in [5.41, 5.74) is 6.14. The van der Waals surface area contributed by atoms with Crippen molar-refractivity contribution in [2.75, 3.05) is 11.1 Å². The molecule has 16 heavy (non-hydrogen) atoms. The van der Waals surface area contributed by atoms with E-state index in [1.807, 2.05) is 0 Å². The predicted molar refractivity (Wildman–Crippen MR) is 60.6 cm³/mol. The highest BCUT2D eigenvalue weighted by Crippen LogP contribution is 2.55. The third-order valence-corrected chi connectivity index (χ3v) is 3.88. The molecule has 1 aromatic heterocycles. The number of amides is 1. The maximum absolute atomic E-state index is 12.0. The number of nitrogens with one attached hydrogen (secondary N) is 2. The standard InChI is InChI=1S/C11H16N4O/c12-8-5-13-15-10(8)14-11(16)9-6-3-1-2-4-7(6)9/h5-7,9H,1-4,12H2,(H2,13,14,15,16). The van der Waals surface area contributed by atoms with Gasteiger partial charge in [0.25, 0.3) is 0 Å². The molecule has 0 saturated heterocycles. The number of rotatable bonds is 2. The quantitative estimate of drug-likeness (QED) is 0.703. The molecule has 2 saturated carbocycles. The van der Waals surface area contributed by atoms with Gasteiger partial charge in [0, 0.05) is 5.92 Å². The predicted octanol–water partition coefficient (Wildman–Crippen LogP) is 1.37. The molecule has 4 N–H and O–H groups in total. The highest BCUT2D eigenvalue weighted by molar-refractivity contribution is 5.96. The molecule has 3 rings (SSSR count). The SMILES string of the molecule is Nc1cn[nH]c1NC(=O)C1C2CCCCC21. The summed E-state index contributed by atoms with van der Waals surface area (Å²) >= 11 is 0. The molecule has 5 nitrogen and oxygen atoms in total. The number of nitrogens with two attached hydrogens (primary N) is 1. The van der Waals surface area contributed by atoms with Crippen LogP contribution < -0.4 is 11.1 Å². The molecule has 2 fully saturated rings. The Morgan fingerprint density at radius 1 is 1.44 bits per heavy atom. The van der Waals surface area contributed by atoms with Crippen LogP contribution in [-0.2, 0) is 4.79 Å². The summed E-state index contributed by atoms with van der Waals surface area (Å²) in [4.78, 5) is 12.0. The van der Waals surface area contributed by atoms with Crippen LogP contribution in [0.1, 0.15) is 25.7 Å². The van der Waals surface area contributed by atoms with E-state index in [-0.39, 0.29) is 11.8 Å². The zero-order valence-corrected chi connectivity index (χ0v) is 9.07. The monoisotopic (exact) mass is 220 g/mol. The van der Waals surface area contributed by atoms with Crippen molar-refractivity contribution in [3.63, 3.8) is 0 Å². The van der Waals surface area contributed by atoms with Gasteiger partial charge in [0.2, 0.25) is 5.91 Å². The molecule has 1 aromatic rings. The van der Waals surface area contributed by atoms with Crippen LogP contribution in [0.2, 0.25) is 0 Å². The number of nitrogen functional groups attached to an aromatic ring is 1. The minimum absolute atomic E-state index is 0.104. The van der Waals surface area contributed by atoms with E-state index in [1.165, 1.54) is 31.9 Å². The van der Waals surface area contributed by atoms with Crippen molar-refractivity contribution in [2.24, 2.45) is 17.8 Å². The van der Waals surface area contributed by atoms with Crippen LogP contribution in [0.3, 0.4) is 0 Å². The summed E-state index contributed by atoms with van der Waals surface area (Å²) in [6.45, 7) is 0. The Kier molecular flexibility index (Phi) is 2.12. The Labute approximate surface area is 93.8 Å². The molecule has 0 aromatic carbocycles. The van der Waals surface area contributed by atoms with Crippen LogP contribution in [-0.4, -0.2) is 16.1 Å². The first-order valence-corrected chi connectivity index (χ1v) is 5.87. The lowest BCUT2D eigenvalue weighted by Crippen LogP contribution is -2.16. The number of hydrogen-bond donors (Lipinski definition) is 3. The number of carbonyl (C=O) groups is 1. The molecule has 1 amide bonds. The third kappa shape index (κ3) is 1.47. The molecular formula is C11H16N4O. The van der Waals surface area contributed by atoms with Gasteiger partial charge in [-0.3, -0.25) is 9.89 Å². The van der Waals surface area contributed by atoms with Crippen LogP contribution in [0.25, 0.3) is 0 Å². The fourth-order valence-corrected chi connectivity index (χ4v) is 2.98. The van der Waals surface area contributed by atoms with E-state index in [0.29, 0.717) is 23.3 Å². The number of anilines is 2. The van der Waals surface area contributed by atoms with Gasteiger partial charge in [0.15, 0.2) is 5.82 Å². The Hall–Kier alpha value is -1.52. The van der Waals surface area contributed by atoms with Crippen molar-refractivity contribution in [1.82, 2.24) is 10.2 Å². The summed E-state index contributed by atoms with van der Waals surface area (Å²) in [5, 5.41) is 9.30. The largest absolute Gasteiger partial charge is 0.394 e. The van der Waals surface area contributed by atoms with Gasteiger partial charge in [-0.2, -0.15) is 5.10 Å². The topological polar surface area (TPSA) is 83.8 Å². The van der Waals surface area contributed by atoms with Crippen LogP contribution in [0, 0.1) is 17.8 Å². The third-order valence-electron chi connectivity index (χ3n) is 3.88. The van der Waals surface area contributed by atoms with Crippen molar-refractivity contribution in [2.45, 2.75) is 25.7 Å². The lowest BCUT2D eigenvalue weighted by molar-refractivity contribution is -0.117. The van der Waals surface area contributed by atoms with Gasteiger partial charge in [-0.1, -0.05) is 12.8 Å². The highest BCUT2D eigenvalue weighted by atomic mass is 16.2. The fourth-order valence-electron chi connectivity index (χ4n) is 2.98. The van der Waals surface area contributed by atoms with Gasteiger partial charge >= 0.3 is 0 Å². The molecule has 86 valence electrons. The van der Waals surface area contributed by atoms with Crippen LogP contribution in [0.4, 0.5) is 11.5 Å². The maximum atomic E-state index is 12.0. The molecule has 2 atom stereocenters. The van der Waals surface area contributed by atoms with Crippen molar-refractivity contribution in [3.8, 4) is 0 Å². The van der Waals surface area contributed by atoms with Crippen molar-refractivity contribution in [3.05, 3.63) is 6.20 Å². The van der Waals surface area contributed by atoms with Crippen LogP contribution >= 0.6 is 0 Å². The lowest BCUT2D eigenvalue weighted by atomic mass is 10.0. The number of hydrogen-bond acceptors (Lipinski definition) is 3. The van der Waals surface area contributed by atoms with E-state index in [1.54, 1.807) is 0 Å². The Bertz CT molecular complexity index is 402. The summed E-state index contributed by atoms with van der Waals surface area (Å²) < 4.78 is 0. The van der Waals surface area contributed by atoms with E-state index in [2.05, 4.69) is 15.5 Å². The molecule has 2 aliphatic rings. The first-order chi connectivity index (χ1) is 7.77.